The van der Waals surface area contributed by atoms with Gasteiger partial charge in [0.15, 0.2) is 17.4 Å². The SMILES string of the molecule is C=CC(=O)N1CC[C@H](Oc2ccc3ncnc(Nc4cc(F)c(O)c(Cl)c4)c3n2)C1. The molecule has 2 aromatic heterocycles. The number of amides is 1. The Hall–Kier alpha value is -3.46. The number of nitrogens with zero attached hydrogens (tertiary/aromatic N) is 4. The quantitative estimate of drug-likeness (QED) is 0.473. The Kier molecular flexibility index (Phi) is 5.37. The van der Waals surface area contributed by atoms with E-state index in [9.17, 15) is 14.3 Å². The molecule has 1 atom stereocenters. The van der Waals surface area contributed by atoms with Crippen LogP contribution in [0.25, 0.3) is 11.0 Å². The van der Waals surface area contributed by atoms with Crippen LogP contribution in [0.4, 0.5) is 15.9 Å². The lowest BCUT2D eigenvalue weighted by Gasteiger charge is -2.15. The second-order valence-electron chi connectivity index (χ2n) is 6.67. The first-order valence-electron chi connectivity index (χ1n) is 9.09. The molecule has 1 amide bonds. The molecule has 154 valence electrons. The molecule has 3 aromatic rings. The molecule has 0 radical (unpaired) electrons. The molecule has 1 aromatic carbocycles. The van der Waals surface area contributed by atoms with Crippen LogP contribution in [0.3, 0.4) is 0 Å². The Bertz CT molecular complexity index is 1120. The largest absolute Gasteiger partial charge is 0.504 e. The van der Waals surface area contributed by atoms with Crippen LogP contribution in [0, 0.1) is 5.82 Å². The molecule has 0 aliphatic carbocycles. The van der Waals surface area contributed by atoms with Crippen molar-refractivity contribution in [1.82, 2.24) is 19.9 Å². The van der Waals surface area contributed by atoms with Crippen LogP contribution < -0.4 is 10.1 Å². The number of likely N-dealkylation sites (tertiary alicyclic amines) is 1. The van der Waals surface area contributed by atoms with Crippen LogP contribution in [0.15, 0.2) is 43.2 Å². The molecule has 0 bridgehead atoms. The van der Waals surface area contributed by atoms with Crippen LogP contribution in [0.2, 0.25) is 5.02 Å². The first-order valence-corrected chi connectivity index (χ1v) is 9.47. The minimum Gasteiger partial charge on any atom is -0.504 e. The highest BCUT2D eigenvalue weighted by molar-refractivity contribution is 6.32. The van der Waals surface area contributed by atoms with Gasteiger partial charge in [0.1, 0.15) is 17.9 Å². The lowest BCUT2D eigenvalue weighted by Crippen LogP contribution is -2.29. The zero-order valence-corrected chi connectivity index (χ0v) is 16.4. The molecular weight excluding hydrogens is 413 g/mol. The second kappa shape index (κ2) is 8.11. The first-order chi connectivity index (χ1) is 14.4. The van der Waals surface area contributed by atoms with Gasteiger partial charge in [-0.05, 0) is 18.2 Å². The summed E-state index contributed by atoms with van der Waals surface area (Å²) in [4.78, 5) is 26.2. The summed E-state index contributed by atoms with van der Waals surface area (Å²) in [6.07, 6.45) is 3.12. The molecule has 8 nitrogen and oxygen atoms in total. The zero-order valence-electron chi connectivity index (χ0n) is 15.7. The molecule has 10 heteroatoms. The van der Waals surface area contributed by atoms with Gasteiger partial charge in [0.05, 0.1) is 17.1 Å². The zero-order chi connectivity index (χ0) is 21.3. The number of anilines is 2. The lowest BCUT2D eigenvalue weighted by molar-refractivity contribution is -0.125. The Balaban J connectivity index is 1.58. The minimum atomic E-state index is -0.861. The van der Waals surface area contributed by atoms with Crippen molar-refractivity contribution in [3.8, 4) is 11.6 Å². The maximum atomic E-state index is 13.8. The molecule has 30 heavy (non-hydrogen) atoms. The average molecular weight is 430 g/mol. The fourth-order valence-electron chi connectivity index (χ4n) is 3.18. The Morgan fingerprint density at radius 2 is 2.23 bits per heavy atom. The fraction of sp³-hybridized carbons (Fsp3) is 0.200. The maximum absolute atomic E-state index is 13.8. The molecule has 1 aliphatic heterocycles. The van der Waals surface area contributed by atoms with Crippen LogP contribution >= 0.6 is 11.6 Å². The number of aromatic nitrogens is 3. The van der Waals surface area contributed by atoms with Gasteiger partial charge >= 0.3 is 0 Å². The van der Waals surface area contributed by atoms with Gasteiger partial charge in [0.25, 0.3) is 0 Å². The van der Waals surface area contributed by atoms with Crippen molar-refractivity contribution in [3.05, 3.63) is 54.1 Å². The highest BCUT2D eigenvalue weighted by Crippen LogP contribution is 2.32. The third kappa shape index (κ3) is 3.97. The number of nitrogens with one attached hydrogen (secondary N) is 1. The van der Waals surface area contributed by atoms with E-state index in [0.717, 1.165) is 6.07 Å². The summed E-state index contributed by atoms with van der Waals surface area (Å²) in [5.41, 5.74) is 1.26. The van der Waals surface area contributed by atoms with Gasteiger partial charge in [0, 0.05) is 30.8 Å². The van der Waals surface area contributed by atoms with Crippen molar-refractivity contribution in [2.24, 2.45) is 0 Å². The summed E-state index contributed by atoms with van der Waals surface area (Å²) in [7, 11) is 0. The number of carbonyl (C=O) groups is 1. The molecule has 0 spiro atoms. The van der Waals surface area contributed by atoms with Gasteiger partial charge in [0.2, 0.25) is 11.8 Å². The summed E-state index contributed by atoms with van der Waals surface area (Å²) >= 11 is 5.84. The third-order valence-corrected chi connectivity index (χ3v) is 4.94. The number of phenols is 1. The predicted octanol–water partition coefficient (Wildman–Crippen LogP) is 3.43. The lowest BCUT2D eigenvalue weighted by atomic mass is 10.2. The molecule has 3 heterocycles. The van der Waals surface area contributed by atoms with E-state index >= 15 is 0 Å². The highest BCUT2D eigenvalue weighted by atomic mass is 35.5. The van der Waals surface area contributed by atoms with E-state index in [1.54, 1.807) is 17.0 Å². The molecular formula is C20H17ClFN5O3. The number of pyridine rings is 1. The van der Waals surface area contributed by atoms with Crippen molar-refractivity contribution in [2.45, 2.75) is 12.5 Å². The highest BCUT2D eigenvalue weighted by Gasteiger charge is 2.26. The van der Waals surface area contributed by atoms with Crippen molar-refractivity contribution >= 4 is 40.0 Å². The van der Waals surface area contributed by atoms with E-state index < -0.39 is 11.6 Å². The Morgan fingerprint density at radius 3 is 3.00 bits per heavy atom. The fourth-order valence-corrected chi connectivity index (χ4v) is 3.39. The van der Waals surface area contributed by atoms with Crippen molar-refractivity contribution in [1.29, 1.82) is 0 Å². The van der Waals surface area contributed by atoms with Crippen molar-refractivity contribution < 1.29 is 19.0 Å². The number of benzene rings is 1. The summed E-state index contributed by atoms with van der Waals surface area (Å²) in [5.74, 6) is -0.939. The van der Waals surface area contributed by atoms with Crippen molar-refractivity contribution in [3.63, 3.8) is 0 Å². The summed E-state index contributed by atoms with van der Waals surface area (Å²) in [6, 6.07) is 5.89. The predicted molar refractivity (Wildman–Crippen MR) is 110 cm³/mol. The number of fused-ring (bicyclic) bond motifs is 1. The number of rotatable bonds is 5. The summed E-state index contributed by atoms with van der Waals surface area (Å²) in [5, 5.41) is 12.3. The van der Waals surface area contributed by atoms with Crippen molar-refractivity contribution in [2.75, 3.05) is 18.4 Å². The second-order valence-corrected chi connectivity index (χ2v) is 7.08. The third-order valence-electron chi connectivity index (χ3n) is 4.65. The minimum absolute atomic E-state index is 0.132. The Morgan fingerprint density at radius 1 is 1.40 bits per heavy atom. The number of hydrogen-bond donors (Lipinski definition) is 2. The first kappa shape index (κ1) is 19.8. The van der Waals surface area contributed by atoms with Gasteiger partial charge in [-0.3, -0.25) is 4.79 Å². The van der Waals surface area contributed by atoms with Gasteiger partial charge in [-0.15, -0.1) is 0 Å². The summed E-state index contributed by atoms with van der Waals surface area (Å²) in [6.45, 7) is 4.54. The molecule has 0 saturated carbocycles. The van der Waals surface area contributed by atoms with Crippen LogP contribution in [-0.2, 0) is 4.79 Å². The van der Waals surface area contributed by atoms with Gasteiger partial charge in [-0.1, -0.05) is 18.2 Å². The van der Waals surface area contributed by atoms with E-state index in [4.69, 9.17) is 16.3 Å². The van der Waals surface area contributed by atoms with Gasteiger partial charge < -0.3 is 20.1 Å². The standard InChI is InChI=1S/C20H17ClFN5O3/c1-2-17(28)27-6-5-12(9-27)30-16-4-3-15-18(26-16)20(24-10-23-15)25-11-7-13(21)19(29)14(22)8-11/h2-4,7-8,10,12,29H,1,5-6,9H2,(H,23,24,25)/t12-/m0/s1. The maximum Gasteiger partial charge on any atom is 0.246 e. The van der Waals surface area contributed by atoms with E-state index in [-0.39, 0.29) is 22.7 Å². The molecule has 1 aliphatic rings. The number of aromatic hydroxyl groups is 1. The number of halogens is 2. The van der Waals surface area contributed by atoms with Crippen LogP contribution in [-0.4, -0.2) is 50.1 Å². The normalized spacial score (nSPS) is 15.9. The van der Waals surface area contributed by atoms with E-state index in [1.807, 2.05) is 0 Å². The number of ether oxygens (including phenoxy) is 1. The monoisotopic (exact) mass is 429 g/mol. The number of hydrogen-bond acceptors (Lipinski definition) is 7. The topological polar surface area (TPSA) is 100 Å². The molecule has 1 fully saturated rings. The van der Waals surface area contributed by atoms with E-state index in [2.05, 4.69) is 26.8 Å². The molecule has 1 saturated heterocycles. The number of phenolic OH excluding ortho intramolecular Hbond substituents is 1. The van der Waals surface area contributed by atoms with Crippen LogP contribution in [0.1, 0.15) is 6.42 Å². The van der Waals surface area contributed by atoms with Gasteiger partial charge in [-0.2, -0.15) is 0 Å². The number of carbonyl (C=O) groups excluding carboxylic acids is 1. The molecule has 2 N–H and O–H groups in total. The smallest absolute Gasteiger partial charge is 0.246 e. The van der Waals surface area contributed by atoms with E-state index in [0.29, 0.717) is 42.2 Å². The average Bonchev–Trinajstić information content (AvgIpc) is 3.20. The molecule has 4 rings (SSSR count). The van der Waals surface area contributed by atoms with Gasteiger partial charge in [-0.25, -0.2) is 19.3 Å². The van der Waals surface area contributed by atoms with Crippen LogP contribution in [0.5, 0.6) is 11.6 Å². The Labute approximate surface area is 176 Å². The molecule has 0 unspecified atom stereocenters. The summed E-state index contributed by atoms with van der Waals surface area (Å²) < 4.78 is 19.7. The van der Waals surface area contributed by atoms with E-state index in [1.165, 1.54) is 18.5 Å².